The van der Waals surface area contributed by atoms with Crippen molar-refractivity contribution >= 4 is 66.8 Å². The Bertz CT molecular complexity index is 6910. The molecule has 6 aliphatic rings. The lowest BCUT2D eigenvalue weighted by Crippen LogP contribution is -2.33. The average molecular weight is 1640 g/mol. The summed E-state index contributed by atoms with van der Waals surface area (Å²) in [5.74, 6) is 1.77. The lowest BCUT2D eigenvalue weighted by Gasteiger charge is -2.40. The molecule has 6 aliphatic carbocycles. The second-order valence-corrected chi connectivity index (χ2v) is 37.0. The van der Waals surface area contributed by atoms with Crippen LogP contribution in [0, 0.1) is 0 Å². The van der Waals surface area contributed by atoms with Crippen molar-refractivity contribution in [2.24, 2.45) is 0 Å². The third-order valence-corrected chi connectivity index (χ3v) is 30.2. The fourth-order valence-electron chi connectivity index (χ4n) is 25.0. The highest BCUT2D eigenvalue weighted by atomic mass is 16.3. The molecule has 0 bridgehead atoms. The van der Waals surface area contributed by atoms with Gasteiger partial charge in [-0.3, -0.25) is 4.90 Å². The van der Waals surface area contributed by atoms with Crippen LogP contribution in [0.2, 0.25) is 0 Å². The van der Waals surface area contributed by atoms with Crippen LogP contribution in [-0.2, 0) is 21.7 Å². The molecule has 0 saturated heterocycles. The molecule has 0 amide bonds. The maximum absolute atomic E-state index is 7.72. The summed E-state index contributed by atoms with van der Waals surface area (Å²) < 4.78 is 14.7. The Hall–Kier alpha value is -12.5. The van der Waals surface area contributed by atoms with E-state index in [-0.39, 0.29) is 5.41 Å². The number of hydrogen-bond donors (Lipinski definition) is 0. The van der Waals surface area contributed by atoms with Gasteiger partial charge in [-0.15, -0.1) is 0 Å². The SMILES string of the molecule is C=CC=C1/C(=C\C)C2(c3ccccc31)c1cc(N(c3ccc4c(c3)C(CCCCCCC)(CCCCCCC)c3c5c(c6oc7ccccc7c6c3-4)-c3ccccc3C5(CCCCCCC)CCCCCCC)c3nc(-c4ccccc4)nc(-c4ccccc4)n3)ccc1-c1cc3c(cc12)-c1c(ccc2oc4ccccc4c12)C31c2ccccc2-c2ccccc21. The highest BCUT2D eigenvalue weighted by molar-refractivity contribution is 6.22. The fraction of sp³-hybridized carbons (Fsp3) is 0.275. The molecule has 624 valence electrons. The maximum atomic E-state index is 7.72. The molecule has 0 N–H and O–H groups in total. The molecule has 0 fully saturated rings. The predicted octanol–water partition coefficient (Wildman–Crippen LogP) is 33.6. The Kier molecular flexibility index (Phi) is 20.5. The van der Waals surface area contributed by atoms with Gasteiger partial charge in [0.05, 0.1) is 10.8 Å². The summed E-state index contributed by atoms with van der Waals surface area (Å²) in [6.45, 7) is 16.2. The van der Waals surface area contributed by atoms with Crippen molar-refractivity contribution in [1.82, 2.24) is 15.0 Å². The van der Waals surface area contributed by atoms with Gasteiger partial charge in [-0.05, 0) is 215 Å². The first kappa shape index (κ1) is 79.4. The number of para-hydroxylation sites is 2. The minimum absolute atomic E-state index is 0.250. The van der Waals surface area contributed by atoms with E-state index in [2.05, 4.69) is 325 Å². The van der Waals surface area contributed by atoms with Gasteiger partial charge in [0.15, 0.2) is 11.6 Å². The van der Waals surface area contributed by atoms with E-state index < -0.39 is 16.2 Å². The topological polar surface area (TPSA) is 68.2 Å². The molecule has 6 nitrogen and oxygen atoms in total. The molecule has 3 aromatic heterocycles. The van der Waals surface area contributed by atoms with Crippen molar-refractivity contribution in [2.45, 2.75) is 210 Å². The first-order valence-electron chi connectivity index (χ1n) is 47.8. The second-order valence-electron chi connectivity index (χ2n) is 37.0. The molecule has 13 aromatic carbocycles. The van der Waals surface area contributed by atoms with E-state index in [1.54, 1.807) is 11.1 Å². The summed E-state index contributed by atoms with van der Waals surface area (Å²) in [5, 5.41) is 4.74. The van der Waals surface area contributed by atoms with E-state index in [0.29, 0.717) is 17.6 Å². The molecule has 6 heteroatoms. The zero-order valence-corrected chi connectivity index (χ0v) is 73.9. The van der Waals surface area contributed by atoms with Gasteiger partial charge in [0.25, 0.3) is 0 Å². The van der Waals surface area contributed by atoms with Crippen molar-refractivity contribution in [3.05, 3.63) is 364 Å². The fourth-order valence-corrected chi connectivity index (χ4v) is 25.0. The van der Waals surface area contributed by atoms with Crippen LogP contribution in [0.25, 0.3) is 128 Å². The second kappa shape index (κ2) is 32.5. The van der Waals surface area contributed by atoms with Gasteiger partial charge in [-0.1, -0.05) is 393 Å². The number of hydrogen-bond acceptors (Lipinski definition) is 6. The number of furan rings is 2. The quantitative estimate of drug-likeness (QED) is 0.0418. The van der Waals surface area contributed by atoms with E-state index in [0.717, 1.165) is 94.1 Å². The van der Waals surface area contributed by atoms with Gasteiger partial charge < -0.3 is 8.83 Å². The van der Waals surface area contributed by atoms with Crippen molar-refractivity contribution in [1.29, 1.82) is 0 Å². The summed E-state index contributed by atoms with van der Waals surface area (Å²) in [4.78, 5) is 19.8. The summed E-state index contributed by atoms with van der Waals surface area (Å²) in [5.41, 5.74) is 36.9. The molecule has 2 spiro atoms. The van der Waals surface area contributed by atoms with Crippen LogP contribution in [0.5, 0.6) is 0 Å². The molecule has 126 heavy (non-hydrogen) atoms. The van der Waals surface area contributed by atoms with E-state index in [4.69, 9.17) is 23.8 Å². The van der Waals surface area contributed by atoms with Crippen LogP contribution in [0.1, 0.15) is 255 Å². The maximum Gasteiger partial charge on any atom is 0.238 e. The molecule has 16 aromatic rings. The first-order chi connectivity index (χ1) is 62.3. The summed E-state index contributed by atoms with van der Waals surface area (Å²) in [6.07, 6.45) is 35.1. The lowest BCUT2D eigenvalue weighted by atomic mass is 9.62. The van der Waals surface area contributed by atoms with Crippen molar-refractivity contribution < 1.29 is 8.83 Å². The average Bonchev–Trinajstić information content (AvgIpc) is 1.49. The third kappa shape index (κ3) is 11.9. The minimum atomic E-state index is -0.849. The van der Waals surface area contributed by atoms with Gasteiger partial charge >= 0.3 is 0 Å². The number of rotatable bonds is 30. The lowest BCUT2D eigenvalue weighted by molar-refractivity contribution is 0.369. The Labute approximate surface area is 743 Å². The summed E-state index contributed by atoms with van der Waals surface area (Å²) in [7, 11) is 0. The molecule has 1 atom stereocenters. The monoisotopic (exact) mass is 1640 g/mol. The van der Waals surface area contributed by atoms with E-state index in [1.165, 1.54) is 249 Å². The van der Waals surface area contributed by atoms with Crippen LogP contribution in [-0.4, -0.2) is 15.0 Å². The van der Waals surface area contributed by atoms with Gasteiger partial charge in [0.2, 0.25) is 5.95 Å². The number of aromatic nitrogens is 3. The Balaban J connectivity index is 0.843. The summed E-state index contributed by atoms with van der Waals surface area (Å²) in [6, 6.07) is 102. The number of unbranched alkanes of at least 4 members (excludes halogenated alkanes) is 16. The largest absolute Gasteiger partial charge is 0.456 e. The normalized spacial score (nSPS) is 16.2. The van der Waals surface area contributed by atoms with Crippen LogP contribution in [0.3, 0.4) is 0 Å². The van der Waals surface area contributed by atoms with Crippen LogP contribution in [0.4, 0.5) is 17.3 Å². The molecular weight excluding hydrogens is 1530 g/mol. The molecule has 0 radical (unpaired) electrons. The van der Waals surface area contributed by atoms with Gasteiger partial charge in [0.1, 0.15) is 22.3 Å². The van der Waals surface area contributed by atoms with Gasteiger partial charge in [0, 0.05) is 60.4 Å². The molecular formula is C120H112N4O2. The Morgan fingerprint density at radius 3 is 1.33 bits per heavy atom. The van der Waals surface area contributed by atoms with E-state index in [1.807, 2.05) is 6.08 Å². The number of nitrogens with zero attached hydrogens (tertiary/aromatic N) is 4. The summed E-state index contributed by atoms with van der Waals surface area (Å²) >= 11 is 0. The van der Waals surface area contributed by atoms with Crippen LogP contribution in [0.15, 0.2) is 306 Å². The molecule has 0 saturated carbocycles. The van der Waals surface area contributed by atoms with Crippen LogP contribution < -0.4 is 4.90 Å². The smallest absolute Gasteiger partial charge is 0.238 e. The highest BCUT2D eigenvalue weighted by Gasteiger charge is 2.59. The molecule has 1 unspecified atom stereocenters. The predicted molar refractivity (Wildman–Crippen MR) is 526 cm³/mol. The van der Waals surface area contributed by atoms with Crippen molar-refractivity contribution in [3.63, 3.8) is 0 Å². The van der Waals surface area contributed by atoms with Gasteiger partial charge in [-0.25, -0.2) is 4.98 Å². The van der Waals surface area contributed by atoms with E-state index in [9.17, 15) is 0 Å². The molecule has 0 aliphatic heterocycles. The first-order valence-corrected chi connectivity index (χ1v) is 47.8. The van der Waals surface area contributed by atoms with Gasteiger partial charge in [-0.2, -0.15) is 9.97 Å². The standard InChI is InChI=1S/C120H112N4O2/c1-7-13-17-21-43-70-117(71-44-22-18-14-8-2)94-58-37-34-55-87(94)110-112(117)111-108(109-90-57-36-42-63-104(90)126-113(109)110)88-67-65-80(74-99(88)118(111,72-45-23-19-15-9-3)73-46-24-20-16-10-4)124(116-122-114(78-48-27-25-28-49-78)121-115(123-116)79-50-29-26-30-51-79)81-64-66-86-91-76-102-92(77-101(91)119(100(86)75-81)93(12-6)82(47-11-5)83-52-31-38-59-95(83)119)106-98(68-69-105-107(106)89-56-35-41-62-103(89)125-105)120(102)96-60-39-32-53-84(96)85-54-33-40-61-97(85)120/h11-12,25-42,47-69,74-77H,5,7-10,13-24,43-46,70-73H2,1-4,6H3/b82-47?,93-12+. The Morgan fingerprint density at radius 2 is 0.762 bits per heavy atom. The minimum Gasteiger partial charge on any atom is -0.456 e. The zero-order chi connectivity index (χ0) is 84.8. The molecule has 22 rings (SSSR count). The number of allylic oxidation sites excluding steroid dienone is 5. The Morgan fingerprint density at radius 1 is 0.325 bits per heavy atom. The zero-order valence-electron chi connectivity index (χ0n) is 73.9. The van der Waals surface area contributed by atoms with Crippen molar-refractivity contribution in [3.8, 4) is 78.4 Å². The number of anilines is 3. The number of fused-ring (bicyclic) bond motifs is 33. The third-order valence-electron chi connectivity index (χ3n) is 30.2. The molecule has 3 heterocycles. The highest BCUT2D eigenvalue weighted by Crippen LogP contribution is 2.72. The number of benzene rings is 13. The van der Waals surface area contributed by atoms with E-state index >= 15 is 0 Å². The van der Waals surface area contributed by atoms with Crippen molar-refractivity contribution in [2.75, 3.05) is 4.90 Å². The van der Waals surface area contributed by atoms with Crippen LogP contribution >= 0.6 is 0 Å².